The largest absolute Gasteiger partial charge is 0.378 e. The Kier molecular flexibility index (Phi) is 4.42. The Balaban J connectivity index is 1.80. The predicted octanol–water partition coefficient (Wildman–Crippen LogP) is 0.502. The monoisotopic (exact) mass is 312 g/mol. The van der Waals surface area contributed by atoms with Crippen LogP contribution in [-0.4, -0.2) is 78.9 Å². The van der Waals surface area contributed by atoms with Gasteiger partial charge in [0.2, 0.25) is 17.2 Å². The van der Waals surface area contributed by atoms with Crippen molar-refractivity contribution in [1.82, 2.24) is 19.9 Å². The molecule has 0 amide bonds. The zero-order valence-corrected chi connectivity index (χ0v) is 13.3. The lowest BCUT2D eigenvalue weighted by Gasteiger charge is -2.37. The highest BCUT2D eigenvalue weighted by molar-refractivity contribution is 6.28. The number of rotatable bonds is 2. The van der Waals surface area contributed by atoms with E-state index in [2.05, 4.69) is 43.6 Å². The van der Waals surface area contributed by atoms with Crippen molar-refractivity contribution < 1.29 is 4.74 Å². The Labute approximate surface area is 129 Å². The zero-order chi connectivity index (χ0) is 14.8. The van der Waals surface area contributed by atoms with Crippen molar-refractivity contribution >= 4 is 23.5 Å². The second-order valence-corrected chi connectivity index (χ2v) is 5.92. The van der Waals surface area contributed by atoms with Gasteiger partial charge in [0.1, 0.15) is 0 Å². The maximum atomic E-state index is 6.10. The van der Waals surface area contributed by atoms with Gasteiger partial charge in [0.15, 0.2) is 0 Å². The molecule has 7 nitrogen and oxygen atoms in total. The Bertz CT molecular complexity index is 496. The van der Waals surface area contributed by atoms with Crippen LogP contribution in [0.3, 0.4) is 0 Å². The van der Waals surface area contributed by atoms with Crippen LogP contribution in [0.5, 0.6) is 0 Å². The van der Waals surface area contributed by atoms with Gasteiger partial charge in [-0.2, -0.15) is 15.0 Å². The van der Waals surface area contributed by atoms with E-state index >= 15 is 0 Å². The number of likely N-dealkylation sites (N-methyl/N-ethyl adjacent to an activating group) is 1. The van der Waals surface area contributed by atoms with E-state index in [4.69, 9.17) is 16.3 Å². The third-order valence-corrected chi connectivity index (χ3v) is 4.29. The lowest BCUT2D eigenvalue weighted by atomic mass is 10.2. The highest BCUT2D eigenvalue weighted by Gasteiger charge is 2.24. The summed E-state index contributed by atoms with van der Waals surface area (Å²) in [6, 6.07) is 0.473. The van der Waals surface area contributed by atoms with Crippen LogP contribution in [0.2, 0.25) is 5.28 Å². The molecule has 0 aromatic carbocycles. The van der Waals surface area contributed by atoms with E-state index in [1.165, 1.54) is 0 Å². The number of nitrogens with zero attached hydrogens (tertiary/aromatic N) is 6. The number of ether oxygens (including phenoxy) is 1. The molecule has 0 N–H and O–H groups in total. The zero-order valence-electron chi connectivity index (χ0n) is 12.5. The molecule has 0 spiro atoms. The predicted molar refractivity (Wildman–Crippen MR) is 82.2 cm³/mol. The fraction of sp³-hybridized carbons (Fsp3) is 0.769. The SMILES string of the molecule is CC1CN(c2nc(Cl)nc(N3CCOCC3)n2)CCN1C. The van der Waals surface area contributed by atoms with Crippen molar-refractivity contribution in [2.24, 2.45) is 0 Å². The second kappa shape index (κ2) is 6.29. The summed E-state index contributed by atoms with van der Waals surface area (Å²) in [5, 5.41) is 0.257. The highest BCUT2D eigenvalue weighted by atomic mass is 35.5. The van der Waals surface area contributed by atoms with E-state index in [0.717, 1.165) is 32.7 Å². The molecular weight excluding hydrogens is 292 g/mol. The molecular formula is C13H21ClN6O. The molecule has 0 saturated carbocycles. The van der Waals surface area contributed by atoms with Crippen LogP contribution in [0.1, 0.15) is 6.92 Å². The van der Waals surface area contributed by atoms with Crippen LogP contribution in [0, 0.1) is 0 Å². The van der Waals surface area contributed by atoms with Crippen molar-refractivity contribution in [2.75, 3.05) is 62.8 Å². The van der Waals surface area contributed by atoms with Crippen molar-refractivity contribution in [3.63, 3.8) is 0 Å². The Morgan fingerprint density at radius 2 is 1.67 bits per heavy atom. The molecule has 1 aromatic heterocycles. The summed E-state index contributed by atoms with van der Waals surface area (Å²) >= 11 is 6.10. The maximum Gasteiger partial charge on any atom is 0.231 e. The van der Waals surface area contributed by atoms with Gasteiger partial charge in [0.25, 0.3) is 0 Å². The van der Waals surface area contributed by atoms with Gasteiger partial charge in [-0.25, -0.2) is 0 Å². The molecule has 3 heterocycles. The molecule has 0 aliphatic carbocycles. The first-order chi connectivity index (χ1) is 10.1. The topological polar surface area (TPSA) is 57.6 Å². The molecule has 2 saturated heterocycles. The third kappa shape index (κ3) is 3.36. The van der Waals surface area contributed by atoms with Gasteiger partial charge in [-0.1, -0.05) is 0 Å². The van der Waals surface area contributed by atoms with E-state index in [-0.39, 0.29) is 5.28 Å². The van der Waals surface area contributed by atoms with Gasteiger partial charge in [0.05, 0.1) is 13.2 Å². The molecule has 2 fully saturated rings. The molecule has 3 rings (SSSR count). The second-order valence-electron chi connectivity index (χ2n) is 5.58. The number of halogens is 1. The van der Waals surface area contributed by atoms with E-state index in [1.54, 1.807) is 0 Å². The van der Waals surface area contributed by atoms with Gasteiger partial charge in [0, 0.05) is 38.8 Å². The summed E-state index contributed by atoms with van der Waals surface area (Å²) in [5.74, 6) is 1.33. The van der Waals surface area contributed by atoms with Gasteiger partial charge in [-0.3, -0.25) is 0 Å². The van der Waals surface area contributed by atoms with E-state index in [9.17, 15) is 0 Å². The molecule has 21 heavy (non-hydrogen) atoms. The Morgan fingerprint density at radius 3 is 2.33 bits per heavy atom. The van der Waals surface area contributed by atoms with E-state index in [0.29, 0.717) is 31.2 Å². The average molecular weight is 313 g/mol. The fourth-order valence-electron chi connectivity index (χ4n) is 2.61. The van der Waals surface area contributed by atoms with Crippen LogP contribution < -0.4 is 9.80 Å². The molecule has 1 aromatic rings. The van der Waals surface area contributed by atoms with Crippen LogP contribution in [-0.2, 0) is 4.74 Å². The Hall–Kier alpha value is -1.18. The van der Waals surface area contributed by atoms with E-state index < -0.39 is 0 Å². The third-order valence-electron chi connectivity index (χ3n) is 4.12. The van der Waals surface area contributed by atoms with Gasteiger partial charge in [-0.15, -0.1) is 0 Å². The molecule has 116 valence electrons. The normalized spacial score (nSPS) is 24.4. The first-order valence-corrected chi connectivity index (χ1v) is 7.71. The summed E-state index contributed by atoms with van der Waals surface area (Å²) in [6.45, 7) is 7.99. The molecule has 0 bridgehead atoms. The molecule has 1 unspecified atom stereocenters. The maximum absolute atomic E-state index is 6.10. The van der Waals surface area contributed by atoms with Crippen LogP contribution in [0.15, 0.2) is 0 Å². The van der Waals surface area contributed by atoms with Gasteiger partial charge in [-0.05, 0) is 25.6 Å². The molecule has 0 radical (unpaired) electrons. The van der Waals surface area contributed by atoms with Crippen LogP contribution >= 0.6 is 11.6 Å². The summed E-state index contributed by atoms with van der Waals surface area (Å²) in [6.07, 6.45) is 0. The van der Waals surface area contributed by atoms with Crippen molar-refractivity contribution in [3.05, 3.63) is 5.28 Å². The van der Waals surface area contributed by atoms with Crippen LogP contribution in [0.4, 0.5) is 11.9 Å². The number of aromatic nitrogens is 3. The number of piperazine rings is 1. The number of anilines is 2. The summed E-state index contributed by atoms with van der Waals surface area (Å²) in [4.78, 5) is 19.8. The van der Waals surface area contributed by atoms with Gasteiger partial charge < -0.3 is 19.4 Å². The van der Waals surface area contributed by atoms with Gasteiger partial charge >= 0.3 is 0 Å². The summed E-state index contributed by atoms with van der Waals surface area (Å²) in [5.41, 5.74) is 0. The first kappa shape index (κ1) is 14.7. The minimum atomic E-state index is 0.257. The number of morpholine rings is 1. The van der Waals surface area contributed by atoms with Crippen molar-refractivity contribution in [3.8, 4) is 0 Å². The molecule has 2 aliphatic heterocycles. The van der Waals surface area contributed by atoms with E-state index in [1.807, 2.05) is 0 Å². The number of hydrogen-bond acceptors (Lipinski definition) is 7. The fourth-order valence-corrected chi connectivity index (χ4v) is 2.76. The minimum absolute atomic E-state index is 0.257. The highest BCUT2D eigenvalue weighted by Crippen LogP contribution is 2.20. The quantitative estimate of drug-likeness (QED) is 0.788. The average Bonchev–Trinajstić information content (AvgIpc) is 2.50. The summed E-state index contributed by atoms with van der Waals surface area (Å²) < 4.78 is 5.36. The van der Waals surface area contributed by atoms with Crippen molar-refractivity contribution in [1.29, 1.82) is 0 Å². The molecule has 2 aliphatic rings. The minimum Gasteiger partial charge on any atom is -0.378 e. The van der Waals surface area contributed by atoms with Crippen molar-refractivity contribution in [2.45, 2.75) is 13.0 Å². The number of hydrogen-bond donors (Lipinski definition) is 0. The lowest BCUT2D eigenvalue weighted by Crippen LogP contribution is -2.50. The molecule has 1 atom stereocenters. The summed E-state index contributed by atoms with van der Waals surface area (Å²) in [7, 11) is 2.14. The molecule has 8 heteroatoms. The lowest BCUT2D eigenvalue weighted by molar-refractivity contribution is 0.122. The smallest absolute Gasteiger partial charge is 0.231 e. The van der Waals surface area contributed by atoms with Crippen LogP contribution in [0.25, 0.3) is 0 Å². The standard InChI is InChI=1S/C13H21ClN6O/c1-10-9-20(4-3-18(10)2)13-16-11(14)15-12(17-13)19-5-7-21-8-6-19/h10H,3-9H2,1-2H3. The Morgan fingerprint density at radius 1 is 1.00 bits per heavy atom. The first-order valence-electron chi connectivity index (χ1n) is 7.33.